The first-order valence-corrected chi connectivity index (χ1v) is 4.29. The molecule has 2 N–H and O–H groups in total. The van der Waals surface area contributed by atoms with E-state index >= 15 is 0 Å². The van der Waals surface area contributed by atoms with Crippen LogP contribution >= 0.6 is 0 Å². The van der Waals surface area contributed by atoms with Crippen molar-refractivity contribution in [2.45, 2.75) is 38.3 Å². The maximum absolute atomic E-state index is 9.23. The van der Waals surface area contributed by atoms with Crippen LogP contribution < -0.4 is 0 Å². The summed E-state index contributed by atoms with van der Waals surface area (Å²) in [5.74, 6) is 0. The van der Waals surface area contributed by atoms with Crippen molar-refractivity contribution < 1.29 is 14.9 Å². The van der Waals surface area contributed by atoms with Crippen LogP contribution in [0.3, 0.4) is 0 Å². The second-order valence-corrected chi connectivity index (χ2v) is 3.02. The van der Waals surface area contributed by atoms with Crippen molar-refractivity contribution in [3.8, 4) is 0 Å². The molecule has 0 heterocycles. The van der Waals surface area contributed by atoms with Gasteiger partial charge in [-0.2, -0.15) is 0 Å². The average molecular weight is 186 g/mol. The molecule has 0 amide bonds. The zero-order valence-corrected chi connectivity index (χ0v) is 8.18. The summed E-state index contributed by atoms with van der Waals surface area (Å²) in [4.78, 5) is 0. The summed E-state index contributed by atoms with van der Waals surface area (Å²) >= 11 is 0. The van der Waals surface area contributed by atoms with Crippen molar-refractivity contribution in [1.82, 2.24) is 0 Å². The molecule has 0 aliphatic heterocycles. The van der Waals surface area contributed by atoms with Gasteiger partial charge in [-0.15, -0.1) is 13.2 Å². The van der Waals surface area contributed by atoms with Crippen molar-refractivity contribution in [3.05, 3.63) is 25.3 Å². The minimum Gasteiger partial charge on any atom is -0.390 e. The Kier molecular flexibility index (Phi) is 5.62. The molecule has 13 heavy (non-hydrogen) atoms. The molecular formula is C10H18O3. The minimum atomic E-state index is -0.640. The van der Waals surface area contributed by atoms with E-state index in [1.54, 1.807) is 13.8 Å². The quantitative estimate of drug-likeness (QED) is 0.605. The summed E-state index contributed by atoms with van der Waals surface area (Å²) in [5, 5.41) is 18.5. The molecule has 0 saturated heterocycles. The van der Waals surface area contributed by atoms with Crippen molar-refractivity contribution >= 4 is 0 Å². The standard InChI is InChI=1S/C10H18O3/c1-5-9(7(3)11)13-10(6-2)8(4)12/h5-12H,1-2H2,3-4H3. The van der Waals surface area contributed by atoms with E-state index < -0.39 is 24.4 Å². The first kappa shape index (κ1) is 12.4. The molecule has 0 aromatic rings. The van der Waals surface area contributed by atoms with E-state index in [9.17, 15) is 10.2 Å². The zero-order chi connectivity index (χ0) is 10.4. The molecule has 0 bridgehead atoms. The van der Waals surface area contributed by atoms with Crippen LogP contribution in [0.4, 0.5) is 0 Å². The Morgan fingerprint density at radius 2 is 1.31 bits per heavy atom. The number of hydrogen-bond acceptors (Lipinski definition) is 3. The fraction of sp³-hybridized carbons (Fsp3) is 0.600. The van der Waals surface area contributed by atoms with Crippen LogP contribution in [-0.4, -0.2) is 34.6 Å². The third-order valence-corrected chi connectivity index (χ3v) is 1.73. The molecule has 0 aliphatic rings. The van der Waals surface area contributed by atoms with Crippen LogP contribution in [0.25, 0.3) is 0 Å². The van der Waals surface area contributed by atoms with Crippen molar-refractivity contribution in [1.29, 1.82) is 0 Å². The molecule has 4 atom stereocenters. The summed E-state index contributed by atoms with van der Waals surface area (Å²) < 4.78 is 5.34. The molecule has 0 rings (SSSR count). The van der Waals surface area contributed by atoms with Crippen molar-refractivity contribution in [3.63, 3.8) is 0 Å². The van der Waals surface area contributed by atoms with Gasteiger partial charge in [0.05, 0.1) is 12.2 Å². The lowest BCUT2D eigenvalue weighted by Gasteiger charge is -2.24. The molecule has 4 unspecified atom stereocenters. The summed E-state index contributed by atoms with van der Waals surface area (Å²) in [6.45, 7) is 10.3. The molecule has 3 nitrogen and oxygen atoms in total. The van der Waals surface area contributed by atoms with Crippen LogP contribution in [0.5, 0.6) is 0 Å². The summed E-state index contributed by atoms with van der Waals surface area (Å²) in [6.07, 6.45) is 0.778. The first-order chi connectivity index (χ1) is 6.02. The Labute approximate surface area is 79.3 Å². The molecule has 0 spiro atoms. The number of aliphatic hydroxyl groups excluding tert-OH is 2. The summed E-state index contributed by atoms with van der Waals surface area (Å²) in [6, 6.07) is 0. The van der Waals surface area contributed by atoms with Gasteiger partial charge in [-0.05, 0) is 13.8 Å². The van der Waals surface area contributed by atoms with Gasteiger partial charge in [-0.1, -0.05) is 12.2 Å². The molecule has 3 heteroatoms. The highest BCUT2D eigenvalue weighted by Crippen LogP contribution is 2.08. The van der Waals surface area contributed by atoms with Gasteiger partial charge in [0.25, 0.3) is 0 Å². The Morgan fingerprint density at radius 1 is 1.00 bits per heavy atom. The third kappa shape index (κ3) is 4.22. The van der Waals surface area contributed by atoms with E-state index in [1.165, 1.54) is 12.2 Å². The van der Waals surface area contributed by atoms with Crippen LogP contribution in [0.1, 0.15) is 13.8 Å². The van der Waals surface area contributed by atoms with Crippen molar-refractivity contribution in [2.24, 2.45) is 0 Å². The van der Waals surface area contributed by atoms with E-state index in [-0.39, 0.29) is 0 Å². The lowest BCUT2D eigenvalue weighted by Crippen LogP contribution is -2.33. The van der Waals surface area contributed by atoms with Gasteiger partial charge in [0, 0.05) is 0 Å². The lowest BCUT2D eigenvalue weighted by molar-refractivity contribution is -0.0676. The van der Waals surface area contributed by atoms with Gasteiger partial charge in [0.1, 0.15) is 12.2 Å². The van der Waals surface area contributed by atoms with E-state index in [4.69, 9.17) is 4.74 Å². The van der Waals surface area contributed by atoms with E-state index in [0.717, 1.165) is 0 Å². The highest BCUT2D eigenvalue weighted by atomic mass is 16.5. The number of rotatable bonds is 6. The van der Waals surface area contributed by atoms with Gasteiger partial charge in [0.2, 0.25) is 0 Å². The fourth-order valence-corrected chi connectivity index (χ4v) is 0.914. The first-order valence-electron chi connectivity index (χ1n) is 4.29. The summed E-state index contributed by atoms with van der Waals surface area (Å²) in [7, 11) is 0. The largest absolute Gasteiger partial charge is 0.390 e. The topological polar surface area (TPSA) is 49.7 Å². The molecule has 0 radical (unpaired) electrons. The maximum Gasteiger partial charge on any atom is 0.102 e. The van der Waals surface area contributed by atoms with E-state index in [2.05, 4.69) is 13.2 Å². The summed E-state index contributed by atoms with van der Waals surface area (Å²) in [5.41, 5.74) is 0. The fourth-order valence-electron chi connectivity index (χ4n) is 0.914. The maximum atomic E-state index is 9.23. The van der Waals surface area contributed by atoms with Crippen LogP contribution in [0.15, 0.2) is 25.3 Å². The molecule has 76 valence electrons. The highest BCUT2D eigenvalue weighted by Gasteiger charge is 2.19. The van der Waals surface area contributed by atoms with Gasteiger partial charge < -0.3 is 14.9 Å². The zero-order valence-electron chi connectivity index (χ0n) is 8.18. The Hall–Kier alpha value is -0.640. The Balaban J connectivity index is 4.19. The van der Waals surface area contributed by atoms with Crippen molar-refractivity contribution in [2.75, 3.05) is 0 Å². The highest BCUT2D eigenvalue weighted by molar-refractivity contribution is 4.90. The number of aliphatic hydroxyl groups is 2. The van der Waals surface area contributed by atoms with Crippen LogP contribution in [-0.2, 0) is 4.74 Å². The number of hydrogen-bond donors (Lipinski definition) is 2. The molecular weight excluding hydrogens is 168 g/mol. The van der Waals surface area contributed by atoms with Crippen LogP contribution in [0, 0.1) is 0 Å². The molecule has 0 aromatic heterocycles. The van der Waals surface area contributed by atoms with Crippen LogP contribution in [0.2, 0.25) is 0 Å². The second kappa shape index (κ2) is 5.91. The number of ether oxygens (including phenoxy) is 1. The smallest absolute Gasteiger partial charge is 0.102 e. The molecule has 0 fully saturated rings. The molecule has 0 saturated carbocycles. The molecule has 0 aliphatic carbocycles. The predicted molar refractivity (Wildman–Crippen MR) is 52.4 cm³/mol. The van der Waals surface area contributed by atoms with Gasteiger partial charge >= 0.3 is 0 Å². The second-order valence-electron chi connectivity index (χ2n) is 3.02. The van der Waals surface area contributed by atoms with E-state index in [1.807, 2.05) is 0 Å². The Morgan fingerprint density at radius 3 is 1.46 bits per heavy atom. The molecule has 0 aromatic carbocycles. The average Bonchev–Trinajstić information content (AvgIpc) is 2.05. The lowest BCUT2D eigenvalue weighted by atomic mass is 10.2. The van der Waals surface area contributed by atoms with Gasteiger partial charge in [-0.25, -0.2) is 0 Å². The van der Waals surface area contributed by atoms with E-state index in [0.29, 0.717) is 0 Å². The third-order valence-electron chi connectivity index (χ3n) is 1.73. The van der Waals surface area contributed by atoms with Gasteiger partial charge in [-0.3, -0.25) is 0 Å². The Bertz CT molecular complexity index is 146. The predicted octanol–water partition coefficient (Wildman–Crippen LogP) is 0.874. The normalized spacial score (nSPS) is 20.0. The minimum absolute atomic E-state index is 0.474. The SMILES string of the molecule is C=CC(OC(C=C)C(C)O)C(C)O. The monoisotopic (exact) mass is 186 g/mol. The van der Waals surface area contributed by atoms with Gasteiger partial charge in [0.15, 0.2) is 0 Å².